The zero-order valence-electron chi connectivity index (χ0n) is 12.3. The molecule has 5 heteroatoms. The summed E-state index contributed by atoms with van der Waals surface area (Å²) in [5.41, 5.74) is 9.72. The monoisotopic (exact) mass is 347 g/mol. The van der Waals surface area contributed by atoms with Crippen molar-refractivity contribution in [2.45, 2.75) is 6.92 Å². The van der Waals surface area contributed by atoms with Crippen molar-refractivity contribution in [3.05, 3.63) is 52.0 Å². The average Bonchev–Trinajstić information content (AvgIpc) is 2.42. The molecule has 2 aromatic rings. The Morgan fingerprint density at radius 1 is 1.19 bits per heavy atom. The Morgan fingerprint density at radius 2 is 1.81 bits per heavy atom. The number of carbonyl (C=O) groups excluding carboxylic acids is 1. The second-order valence-electron chi connectivity index (χ2n) is 5.08. The maximum absolute atomic E-state index is 12.3. The largest absolute Gasteiger partial charge is 0.397 e. The molecule has 110 valence electrons. The zero-order valence-corrected chi connectivity index (χ0v) is 13.9. The van der Waals surface area contributed by atoms with Crippen LogP contribution >= 0.6 is 15.9 Å². The van der Waals surface area contributed by atoms with Crippen molar-refractivity contribution in [1.29, 1.82) is 0 Å². The second-order valence-corrected chi connectivity index (χ2v) is 6.00. The number of hydrogen-bond acceptors (Lipinski definition) is 3. The maximum atomic E-state index is 12.3. The SMILES string of the molecule is Cc1cc(Br)cc(N)c1NC(=O)c1ccc(N(C)C)cc1. The van der Waals surface area contributed by atoms with Crippen LogP contribution in [0, 0.1) is 6.92 Å². The molecule has 0 unspecified atom stereocenters. The van der Waals surface area contributed by atoms with Crippen LogP contribution in [-0.4, -0.2) is 20.0 Å². The van der Waals surface area contributed by atoms with Crippen LogP contribution < -0.4 is 16.0 Å². The average molecular weight is 348 g/mol. The van der Waals surface area contributed by atoms with E-state index in [-0.39, 0.29) is 5.91 Å². The summed E-state index contributed by atoms with van der Waals surface area (Å²) in [7, 11) is 3.92. The minimum Gasteiger partial charge on any atom is -0.397 e. The van der Waals surface area contributed by atoms with Crippen LogP contribution in [0.2, 0.25) is 0 Å². The number of hydrogen-bond donors (Lipinski definition) is 2. The Hall–Kier alpha value is -2.01. The summed E-state index contributed by atoms with van der Waals surface area (Å²) < 4.78 is 0.894. The highest BCUT2D eigenvalue weighted by molar-refractivity contribution is 9.10. The van der Waals surface area contributed by atoms with E-state index < -0.39 is 0 Å². The summed E-state index contributed by atoms with van der Waals surface area (Å²) in [5, 5.41) is 2.87. The number of nitrogen functional groups attached to an aromatic ring is 1. The molecule has 0 aliphatic rings. The van der Waals surface area contributed by atoms with E-state index in [4.69, 9.17) is 5.73 Å². The third kappa shape index (κ3) is 3.55. The van der Waals surface area contributed by atoms with Crippen LogP contribution in [0.15, 0.2) is 40.9 Å². The molecule has 0 heterocycles. The fraction of sp³-hybridized carbons (Fsp3) is 0.188. The molecule has 0 saturated carbocycles. The topological polar surface area (TPSA) is 58.4 Å². The number of carbonyl (C=O) groups is 1. The first-order valence-electron chi connectivity index (χ1n) is 6.53. The minimum absolute atomic E-state index is 0.169. The normalized spacial score (nSPS) is 10.3. The molecule has 0 aliphatic heterocycles. The van der Waals surface area contributed by atoms with Crippen LogP contribution in [0.3, 0.4) is 0 Å². The second kappa shape index (κ2) is 6.18. The van der Waals surface area contributed by atoms with Gasteiger partial charge in [-0.2, -0.15) is 0 Å². The van der Waals surface area contributed by atoms with E-state index in [1.165, 1.54) is 0 Å². The van der Waals surface area contributed by atoms with Crippen molar-refractivity contribution in [1.82, 2.24) is 0 Å². The molecule has 0 fully saturated rings. The van der Waals surface area contributed by atoms with E-state index >= 15 is 0 Å². The van der Waals surface area contributed by atoms with E-state index in [1.54, 1.807) is 18.2 Å². The molecule has 2 rings (SSSR count). The van der Waals surface area contributed by atoms with Gasteiger partial charge >= 0.3 is 0 Å². The molecule has 0 saturated heterocycles. The van der Waals surface area contributed by atoms with Crippen LogP contribution in [0.25, 0.3) is 0 Å². The van der Waals surface area contributed by atoms with Crippen LogP contribution in [0.4, 0.5) is 17.1 Å². The fourth-order valence-electron chi connectivity index (χ4n) is 2.04. The Morgan fingerprint density at radius 3 is 2.33 bits per heavy atom. The van der Waals surface area contributed by atoms with Crippen molar-refractivity contribution in [3.63, 3.8) is 0 Å². The number of benzene rings is 2. The van der Waals surface area contributed by atoms with Gasteiger partial charge in [-0.05, 0) is 48.9 Å². The van der Waals surface area contributed by atoms with Gasteiger partial charge in [0.05, 0.1) is 11.4 Å². The third-order valence-corrected chi connectivity index (χ3v) is 3.67. The van der Waals surface area contributed by atoms with Gasteiger partial charge in [0.25, 0.3) is 5.91 Å². The van der Waals surface area contributed by atoms with Crippen molar-refractivity contribution in [2.75, 3.05) is 30.0 Å². The van der Waals surface area contributed by atoms with E-state index in [0.717, 1.165) is 15.7 Å². The third-order valence-electron chi connectivity index (χ3n) is 3.22. The lowest BCUT2D eigenvalue weighted by atomic mass is 10.1. The fourth-order valence-corrected chi connectivity index (χ4v) is 2.63. The molecule has 1 amide bonds. The highest BCUT2D eigenvalue weighted by Crippen LogP contribution is 2.28. The Balaban J connectivity index is 2.22. The highest BCUT2D eigenvalue weighted by atomic mass is 79.9. The molecule has 4 nitrogen and oxygen atoms in total. The molecule has 0 bridgehead atoms. The summed E-state index contributed by atoms with van der Waals surface area (Å²) in [6.07, 6.45) is 0. The number of halogens is 1. The Kier molecular flexibility index (Phi) is 4.53. The lowest BCUT2D eigenvalue weighted by Gasteiger charge is -2.14. The lowest BCUT2D eigenvalue weighted by Crippen LogP contribution is -2.15. The first kappa shape index (κ1) is 15.4. The van der Waals surface area contributed by atoms with Gasteiger partial charge < -0.3 is 16.0 Å². The van der Waals surface area contributed by atoms with E-state index in [2.05, 4.69) is 21.2 Å². The van der Waals surface area contributed by atoms with Crippen molar-refractivity contribution in [2.24, 2.45) is 0 Å². The Bertz CT molecular complexity index is 643. The summed E-state index contributed by atoms with van der Waals surface area (Å²) >= 11 is 3.38. The predicted octanol–water partition coefficient (Wildman–Crippen LogP) is 3.66. The van der Waals surface area contributed by atoms with Crippen LogP contribution in [-0.2, 0) is 0 Å². The van der Waals surface area contributed by atoms with Crippen molar-refractivity contribution < 1.29 is 4.79 Å². The van der Waals surface area contributed by atoms with Gasteiger partial charge in [-0.3, -0.25) is 4.79 Å². The standard InChI is InChI=1S/C16H18BrN3O/c1-10-8-12(17)9-14(18)15(10)19-16(21)11-4-6-13(7-5-11)20(2)3/h4-9H,18H2,1-3H3,(H,19,21). The summed E-state index contributed by atoms with van der Waals surface area (Å²) in [4.78, 5) is 14.3. The molecule has 0 radical (unpaired) electrons. The van der Waals surface area contributed by atoms with E-state index in [0.29, 0.717) is 16.9 Å². The van der Waals surface area contributed by atoms with Gasteiger partial charge in [-0.25, -0.2) is 0 Å². The quantitative estimate of drug-likeness (QED) is 0.833. The highest BCUT2D eigenvalue weighted by Gasteiger charge is 2.11. The van der Waals surface area contributed by atoms with Gasteiger partial charge in [0.15, 0.2) is 0 Å². The Labute approximate surface area is 133 Å². The molecule has 0 aromatic heterocycles. The van der Waals surface area contributed by atoms with Gasteiger partial charge in [0.2, 0.25) is 0 Å². The van der Waals surface area contributed by atoms with Gasteiger partial charge in [-0.1, -0.05) is 15.9 Å². The summed E-state index contributed by atoms with van der Waals surface area (Å²) in [6.45, 7) is 1.91. The van der Waals surface area contributed by atoms with E-state index in [1.807, 2.05) is 44.1 Å². The summed E-state index contributed by atoms with van der Waals surface area (Å²) in [5.74, 6) is -0.169. The number of nitrogens with two attached hydrogens (primary N) is 1. The first-order valence-corrected chi connectivity index (χ1v) is 7.32. The van der Waals surface area contributed by atoms with Crippen molar-refractivity contribution >= 4 is 38.9 Å². The molecular formula is C16H18BrN3O. The number of amides is 1. The molecule has 2 aromatic carbocycles. The molecule has 0 atom stereocenters. The van der Waals surface area contributed by atoms with Gasteiger partial charge in [0, 0.05) is 29.8 Å². The maximum Gasteiger partial charge on any atom is 0.255 e. The van der Waals surface area contributed by atoms with E-state index in [9.17, 15) is 4.79 Å². The zero-order chi connectivity index (χ0) is 15.6. The molecular weight excluding hydrogens is 330 g/mol. The lowest BCUT2D eigenvalue weighted by molar-refractivity contribution is 0.102. The molecule has 0 aliphatic carbocycles. The number of anilines is 3. The number of nitrogens with zero attached hydrogens (tertiary/aromatic N) is 1. The first-order chi connectivity index (χ1) is 9.88. The van der Waals surface area contributed by atoms with Crippen molar-refractivity contribution in [3.8, 4) is 0 Å². The molecule has 21 heavy (non-hydrogen) atoms. The number of nitrogens with one attached hydrogen (secondary N) is 1. The number of aryl methyl sites for hydroxylation is 1. The molecule has 3 N–H and O–H groups in total. The smallest absolute Gasteiger partial charge is 0.255 e. The van der Waals surface area contributed by atoms with Crippen LogP contribution in [0.5, 0.6) is 0 Å². The van der Waals surface area contributed by atoms with Gasteiger partial charge in [0.1, 0.15) is 0 Å². The minimum atomic E-state index is -0.169. The number of rotatable bonds is 3. The van der Waals surface area contributed by atoms with Gasteiger partial charge in [-0.15, -0.1) is 0 Å². The predicted molar refractivity (Wildman–Crippen MR) is 92.0 cm³/mol. The molecule has 0 spiro atoms. The van der Waals surface area contributed by atoms with Crippen LogP contribution in [0.1, 0.15) is 15.9 Å². The summed E-state index contributed by atoms with van der Waals surface area (Å²) in [6, 6.07) is 11.1.